The van der Waals surface area contributed by atoms with Crippen molar-refractivity contribution in [2.45, 2.75) is 212 Å². The number of allylic oxidation sites excluding steroid dienone is 8. The van der Waals surface area contributed by atoms with Crippen molar-refractivity contribution in [3.8, 4) is 0 Å². The highest BCUT2D eigenvalue weighted by Gasteiger charge is 2.48. The predicted octanol–water partition coefficient (Wildman–Crippen LogP) is 13.6. The van der Waals surface area contributed by atoms with E-state index in [1.165, 1.54) is 141 Å². The molecule has 0 bridgehead atoms. The van der Waals surface area contributed by atoms with Crippen LogP contribution in [0.2, 0.25) is 0 Å². The van der Waals surface area contributed by atoms with E-state index in [1.807, 2.05) is 0 Å². The van der Waals surface area contributed by atoms with E-state index in [0.29, 0.717) is 6.10 Å². The highest BCUT2D eigenvalue weighted by molar-refractivity contribution is 4.94. The topological polar surface area (TPSA) is 21.7 Å². The Kier molecular flexibility index (Phi) is 26.6. The summed E-state index contributed by atoms with van der Waals surface area (Å²) in [4.78, 5) is 2.54. The Bertz CT molecular complexity index is 766. The Hall–Kier alpha value is -1.16. The molecule has 2 atom stereocenters. The lowest BCUT2D eigenvalue weighted by Gasteiger charge is -2.31. The summed E-state index contributed by atoms with van der Waals surface area (Å²) in [5, 5.41) is 0. The van der Waals surface area contributed by atoms with Crippen molar-refractivity contribution in [1.29, 1.82) is 0 Å². The van der Waals surface area contributed by atoms with Crippen LogP contribution < -0.4 is 0 Å². The lowest BCUT2D eigenvalue weighted by atomic mass is 9.98. The zero-order valence-corrected chi connectivity index (χ0v) is 31.8. The molecule has 272 valence electrons. The summed E-state index contributed by atoms with van der Waals surface area (Å²) < 4.78 is 13.7. The number of nitrogens with zero attached hydrogens (tertiary/aromatic N) is 1. The molecule has 0 aromatic heterocycles. The van der Waals surface area contributed by atoms with Crippen molar-refractivity contribution in [2.75, 3.05) is 19.6 Å². The highest BCUT2D eigenvalue weighted by atomic mass is 16.8. The lowest BCUT2D eigenvalue weighted by Crippen LogP contribution is -2.44. The van der Waals surface area contributed by atoms with E-state index in [9.17, 15) is 0 Å². The summed E-state index contributed by atoms with van der Waals surface area (Å²) in [6.07, 6.45) is 53.9. The molecule has 2 rings (SSSR count). The molecule has 2 heterocycles. The maximum absolute atomic E-state index is 6.84. The van der Waals surface area contributed by atoms with E-state index < -0.39 is 0 Å². The summed E-state index contributed by atoms with van der Waals surface area (Å²) in [6.45, 7) is 10.2. The number of ether oxygens (including phenoxy) is 2. The van der Waals surface area contributed by atoms with Crippen LogP contribution in [-0.2, 0) is 9.47 Å². The molecule has 3 nitrogen and oxygen atoms in total. The van der Waals surface area contributed by atoms with Crippen LogP contribution in [0.4, 0.5) is 0 Å². The van der Waals surface area contributed by atoms with Crippen molar-refractivity contribution in [1.82, 2.24) is 4.90 Å². The number of piperidine rings is 1. The fraction of sp³-hybridized carbons (Fsp3) is 0.818. The van der Waals surface area contributed by atoms with Gasteiger partial charge in [0.2, 0.25) is 0 Å². The minimum Gasteiger partial charge on any atom is -0.344 e. The van der Waals surface area contributed by atoms with Gasteiger partial charge < -0.3 is 14.4 Å². The SMILES string of the molecule is CCCCCC=CCC=CCCCCCCCCC1(CCCCCCCCC=CCC=CCCCCC)O[C@@H]2CCN(CC)C[C@H]2O1. The number of hydrogen-bond donors (Lipinski definition) is 0. The van der Waals surface area contributed by atoms with Crippen molar-refractivity contribution in [2.24, 2.45) is 0 Å². The third-order valence-corrected chi connectivity index (χ3v) is 10.3. The molecule has 2 fully saturated rings. The van der Waals surface area contributed by atoms with Crippen molar-refractivity contribution in [3.05, 3.63) is 48.6 Å². The van der Waals surface area contributed by atoms with Crippen molar-refractivity contribution >= 4 is 0 Å². The molecule has 2 aliphatic heterocycles. The van der Waals surface area contributed by atoms with Crippen molar-refractivity contribution in [3.63, 3.8) is 0 Å². The number of fused-ring (bicyclic) bond motifs is 1. The van der Waals surface area contributed by atoms with E-state index in [4.69, 9.17) is 9.47 Å². The molecule has 3 heteroatoms. The number of hydrogen-bond acceptors (Lipinski definition) is 3. The zero-order valence-electron chi connectivity index (χ0n) is 31.8. The van der Waals surface area contributed by atoms with Gasteiger partial charge in [-0.15, -0.1) is 0 Å². The molecule has 0 spiro atoms. The van der Waals surface area contributed by atoms with Gasteiger partial charge in [-0.2, -0.15) is 0 Å². The maximum atomic E-state index is 6.84. The second kappa shape index (κ2) is 29.7. The molecule has 0 aliphatic carbocycles. The Morgan fingerprint density at radius 2 is 0.894 bits per heavy atom. The number of rotatable bonds is 31. The molecule has 0 radical (unpaired) electrons. The Balaban J connectivity index is 1.56. The average Bonchev–Trinajstić information content (AvgIpc) is 3.45. The minimum absolute atomic E-state index is 0.276. The number of likely N-dealkylation sites (tertiary alicyclic amines) is 1. The predicted molar refractivity (Wildman–Crippen MR) is 207 cm³/mol. The van der Waals surface area contributed by atoms with Gasteiger partial charge in [0.25, 0.3) is 0 Å². The number of likely N-dealkylation sites (N-methyl/N-ethyl adjacent to an activating group) is 1. The Morgan fingerprint density at radius 3 is 1.34 bits per heavy atom. The first-order chi connectivity index (χ1) is 23.2. The summed E-state index contributed by atoms with van der Waals surface area (Å²) in [5.41, 5.74) is 0. The molecular formula is C44H79NO2. The normalized spacial score (nSPS) is 22.2. The summed E-state index contributed by atoms with van der Waals surface area (Å²) in [5.74, 6) is -0.316. The van der Waals surface area contributed by atoms with Crippen LogP contribution in [0, 0.1) is 0 Å². The molecule has 0 N–H and O–H groups in total. The van der Waals surface area contributed by atoms with Crippen LogP contribution in [0.3, 0.4) is 0 Å². The fourth-order valence-electron chi connectivity index (χ4n) is 7.20. The maximum Gasteiger partial charge on any atom is 0.169 e. The first-order valence-electron chi connectivity index (χ1n) is 20.9. The smallest absolute Gasteiger partial charge is 0.169 e. The van der Waals surface area contributed by atoms with E-state index in [1.54, 1.807) is 0 Å². The van der Waals surface area contributed by atoms with Gasteiger partial charge in [0, 0.05) is 25.9 Å². The molecule has 0 amide bonds. The third kappa shape index (κ3) is 21.5. The second-order valence-electron chi connectivity index (χ2n) is 14.6. The van der Waals surface area contributed by atoms with Crippen molar-refractivity contribution < 1.29 is 9.47 Å². The van der Waals surface area contributed by atoms with Crippen LogP contribution in [-0.4, -0.2) is 42.5 Å². The summed E-state index contributed by atoms with van der Waals surface area (Å²) >= 11 is 0. The first-order valence-corrected chi connectivity index (χ1v) is 20.9. The van der Waals surface area contributed by atoms with Gasteiger partial charge >= 0.3 is 0 Å². The molecule has 47 heavy (non-hydrogen) atoms. The van der Waals surface area contributed by atoms with Crippen LogP contribution in [0.1, 0.15) is 194 Å². The van der Waals surface area contributed by atoms with E-state index in [-0.39, 0.29) is 11.9 Å². The second-order valence-corrected chi connectivity index (χ2v) is 14.6. The van der Waals surface area contributed by atoms with Crippen LogP contribution in [0.5, 0.6) is 0 Å². The standard InChI is InChI=1S/C44H79NO2/c1-4-7-9-11-13-15-17-19-21-23-25-27-29-31-33-35-38-44(46-42-37-40-45(6-3)41-43(42)47-44)39-36-34-32-30-28-26-24-22-20-18-16-14-12-10-8-5-2/h13-16,19-22,42-43H,4-12,17-18,23-41H2,1-3H3/t42-,43-,44?/m1/s1. The van der Waals surface area contributed by atoms with Gasteiger partial charge in [-0.05, 0) is 90.0 Å². The molecule has 0 aromatic carbocycles. The fourth-order valence-corrected chi connectivity index (χ4v) is 7.20. The largest absolute Gasteiger partial charge is 0.344 e. The van der Waals surface area contributed by atoms with Crippen LogP contribution >= 0.6 is 0 Å². The molecule has 0 unspecified atom stereocenters. The summed E-state index contributed by atoms with van der Waals surface area (Å²) in [7, 11) is 0. The quantitative estimate of drug-likeness (QED) is 0.0549. The van der Waals surface area contributed by atoms with Gasteiger partial charge in [0.15, 0.2) is 5.79 Å². The van der Waals surface area contributed by atoms with Crippen LogP contribution in [0.15, 0.2) is 48.6 Å². The van der Waals surface area contributed by atoms with Crippen LogP contribution in [0.25, 0.3) is 0 Å². The third-order valence-electron chi connectivity index (χ3n) is 10.3. The van der Waals surface area contributed by atoms with E-state index >= 15 is 0 Å². The monoisotopic (exact) mass is 654 g/mol. The molecule has 0 aromatic rings. The molecule has 2 aliphatic rings. The van der Waals surface area contributed by atoms with Gasteiger partial charge in [-0.25, -0.2) is 0 Å². The molecule has 0 saturated carbocycles. The van der Waals surface area contributed by atoms with Gasteiger partial charge in [-0.1, -0.05) is 146 Å². The van der Waals surface area contributed by atoms with E-state index in [0.717, 1.165) is 51.7 Å². The molecule has 2 saturated heterocycles. The summed E-state index contributed by atoms with van der Waals surface area (Å²) in [6, 6.07) is 0. The first kappa shape index (κ1) is 42.0. The zero-order chi connectivity index (χ0) is 33.5. The number of unbranched alkanes of at least 4 members (excludes halogenated alkanes) is 18. The Labute approximate surface area is 294 Å². The van der Waals surface area contributed by atoms with Gasteiger partial charge in [-0.3, -0.25) is 0 Å². The van der Waals surface area contributed by atoms with Gasteiger partial charge in [0.1, 0.15) is 0 Å². The average molecular weight is 654 g/mol. The van der Waals surface area contributed by atoms with E-state index in [2.05, 4.69) is 74.3 Å². The lowest BCUT2D eigenvalue weighted by molar-refractivity contribution is -0.185. The van der Waals surface area contributed by atoms with Gasteiger partial charge in [0.05, 0.1) is 12.2 Å². The molecular weight excluding hydrogens is 574 g/mol. The Morgan fingerprint density at radius 1 is 0.489 bits per heavy atom. The highest BCUT2D eigenvalue weighted by Crippen LogP contribution is 2.40. The minimum atomic E-state index is -0.316.